The van der Waals surface area contributed by atoms with Crippen LogP contribution in [0.25, 0.3) is 0 Å². The van der Waals surface area contributed by atoms with Crippen molar-refractivity contribution in [1.82, 2.24) is 9.97 Å². The second-order valence-electron chi connectivity index (χ2n) is 6.77. The molecule has 1 aliphatic heterocycles. The molecule has 2 aromatic rings. The zero-order chi connectivity index (χ0) is 20.1. The summed E-state index contributed by atoms with van der Waals surface area (Å²) in [5.41, 5.74) is 0.692. The number of anilines is 3. The predicted molar refractivity (Wildman–Crippen MR) is 105 cm³/mol. The van der Waals surface area contributed by atoms with Crippen molar-refractivity contribution in [2.45, 2.75) is 26.7 Å². The van der Waals surface area contributed by atoms with E-state index in [1.165, 1.54) is 6.33 Å². The smallest absolute Gasteiger partial charge is 0.353 e. The van der Waals surface area contributed by atoms with Gasteiger partial charge in [-0.2, -0.15) is 0 Å². The minimum Gasteiger partial charge on any atom is -0.462 e. The average molecular weight is 385 g/mol. The second-order valence-corrected chi connectivity index (χ2v) is 6.77. The normalized spacial score (nSPS) is 16.5. The zero-order valence-electron chi connectivity index (χ0n) is 15.9. The van der Waals surface area contributed by atoms with E-state index in [1.807, 2.05) is 4.90 Å². The average Bonchev–Trinajstić information content (AvgIpc) is 2.68. The van der Waals surface area contributed by atoms with Crippen LogP contribution in [0.4, 0.5) is 23.0 Å². The molecule has 0 aliphatic carbocycles. The summed E-state index contributed by atoms with van der Waals surface area (Å²) in [6, 6.07) is 6.58. The molecule has 3 rings (SSSR count). The molecule has 0 spiro atoms. The molecule has 0 saturated carbocycles. The molecule has 1 aromatic carbocycles. The Morgan fingerprint density at radius 2 is 2.25 bits per heavy atom. The number of nitrogens with zero attached hydrogens (tertiary/aromatic N) is 4. The Kier molecular flexibility index (Phi) is 6.03. The van der Waals surface area contributed by atoms with E-state index in [2.05, 4.69) is 22.2 Å². The van der Waals surface area contributed by atoms with Crippen LogP contribution in [-0.2, 0) is 4.74 Å². The van der Waals surface area contributed by atoms with Crippen molar-refractivity contribution in [2.75, 3.05) is 29.9 Å². The van der Waals surface area contributed by atoms with Gasteiger partial charge in [-0.3, -0.25) is 10.1 Å². The zero-order valence-corrected chi connectivity index (χ0v) is 15.9. The third-order valence-electron chi connectivity index (χ3n) is 4.58. The van der Waals surface area contributed by atoms with E-state index in [0.29, 0.717) is 23.0 Å². The molecule has 148 valence electrons. The van der Waals surface area contributed by atoms with E-state index in [1.54, 1.807) is 31.2 Å². The molecule has 1 saturated heterocycles. The Bertz CT molecular complexity index is 873. The number of rotatable bonds is 6. The SMILES string of the molecule is CCOC(=O)c1cccc(Nc2ncnc(N3CCCC(C)C3)c2[N+](=O)[O-])c1. The van der Waals surface area contributed by atoms with Crippen molar-refractivity contribution < 1.29 is 14.5 Å². The van der Waals surface area contributed by atoms with Gasteiger partial charge in [0.25, 0.3) is 0 Å². The topological polar surface area (TPSA) is 110 Å². The number of benzene rings is 1. The summed E-state index contributed by atoms with van der Waals surface area (Å²) >= 11 is 0. The number of ether oxygens (including phenoxy) is 1. The van der Waals surface area contributed by atoms with E-state index < -0.39 is 10.9 Å². The number of esters is 1. The first kappa shape index (κ1) is 19.5. The third kappa shape index (κ3) is 4.36. The number of nitrogens with one attached hydrogen (secondary N) is 1. The molecule has 1 aromatic heterocycles. The molecule has 1 unspecified atom stereocenters. The quantitative estimate of drug-likeness (QED) is 0.457. The first-order chi connectivity index (χ1) is 13.5. The standard InChI is InChI=1S/C19H23N5O4/c1-3-28-19(25)14-7-4-8-15(10-14)22-17-16(24(26)27)18(21-12-20-17)23-9-5-6-13(2)11-23/h4,7-8,10,12-13H,3,5-6,9,11H2,1-2H3,(H,20,21,22). The lowest BCUT2D eigenvalue weighted by Crippen LogP contribution is -2.35. The number of nitro groups is 1. The first-order valence-corrected chi connectivity index (χ1v) is 9.28. The fraction of sp³-hybridized carbons (Fsp3) is 0.421. The van der Waals surface area contributed by atoms with Gasteiger partial charge in [0.2, 0.25) is 11.6 Å². The summed E-state index contributed by atoms with van der Waals surface area (Å²) in [5.74, 6) is 0.400. The van der Waals surface area contributed by atoms with E-state index >= 15 is 0 Å². The van der Waals surface area contributed by atoms with Crippen LogP contribution in [0.5, 0.6) is 0 Å². The van der Waals surface area contributed by atoms with Crippen LogP contribution in [0.15, 0.2) is 30.6 Å². The van der Waals surface area contributed by atoms with Gasteiger partial charge in [0, 0.05) is 18.8 Å². The number of hydrogen-bond acceptors (Lipinski definition) is 8. The Morgan fingerprint density at radius 3 is 2.96 bits per heavy atom. The van der Waals surface area contributed by atoms with Crippen molar-refractivity contribution in [2.24, 2.45) is 5.92 Å². The molecule has 0 bridgehead atoms. The number of hydrogen-bond donors (Lipinski definition) is 1. The molecule has 0 amide bonds. The van der Waals surface area contributed by atoms with Gasteiger partial charge in [0.05, 0.1) is 17.1 Å². The fourth-order valence-electron chi connectivity index (χ4n) is 3.32. The van der Waals surface area contributed by atoms with Gasteiger partial charge in [-0.1, -0.05) is 13.0 Å². The minimum absolute atomic E-state index is 0.0919. The van der Waals surface area contributed by atoms with Gasteiger partial charge in [-0.05, 0) is 43.9 Å². The number of carbonyl (C=O) groups excluding carboxylic acids is 1. The predicted octanol–water partition coefficient (Wildman–Crippen LogP) is 3.54. The van der Waals surface area contributed by atoms with E-state index in [4.69, 9.17) is 4.74 Å². The summed E-state index contributed by atoms with van der Waals surface area (Å²) in [6.45, 7) is 5.56. The summed E-state index contributed by atoms with van der Waals surface area (Å²) in [4.78, 5) is 33.5. The lowest BCUT2D eigenvalue weighted by Gasteiger charge is -2.31. The Morgan fingerprint density at radius 1 is 1.43 bits per heavy atom. The highest BCUT2D eigenvalue weighted by atomic mass is 16.6. The van der Waals surface area contributed by atoms with E-state index in [9.17, 15) is 14.9 Å². The van der Waals surface area contributed by atoms with Crippen molar-refractivity contribution in [3.63, 3.8) is 0 Å². The number of piperidine rings is 1. The van der Waals surface area contributed by atoms with Crippen molar-refractivity contribution >= 4 is 29.0 Å². The van der Waals surface area contributed by atoms with Crippen LogP contribution in [0, 0.1) is 16.0 Å². The molecule has 1 fully saturated rings. The second kappa shape index (κ2) is 8.64. The maximum absolute atomic E-state index is 11.9. The van der Waals surface area contributed by atoms with E-state index in [-0.39, 0.29) is 18.1 Å². The highest BCUT2D eigenvalue weighted by molar-refractivity contribution is 5.91. The molecule has 28 heavy (non-hydrogen) atoms. The van der Waals surface area contributed by atoms with E-state index in [0.717, 1.165) is 25.9 Å². The highest BCUT2D eigenvalue weighted by Crippen LogP contribution is 2.35. The minimum atomic E-state index is -0.466. The Hall–Kier alpha value is -3.23. The van der Waals surface area contributed by atoms with Gasteiger partial charge < -0.3 is 15.0 Å². The van der Waals surface area contributed by atoms with Crippen molar-refractivity contribution in [3.05, 3.63) is 46.3 Å². The Balaban J connectivity index is 1.92. The monoisotopic (exact) mass is 385 g/mol. The fourth-order valence-corrected chi connectivity index (χ4v) is 3.32. The summed E-state index contributed by atoms with van der Waals surface area (Å²) in [5, 5.41) is 14.8. The van der Waals surface area contributed by atoms with Gasteiger partial charge in [0.15, 0.2) is 0 Å². The molecule has 1 atom stereocenters. The summed E-state index contributed by atoms with van der Waals surface area (Å²) in [6.07, 6.45) is 3.38. The lowest BCUT2D eigenvalue weighted by atomic mass is 10.0. The van der Waals surface area contributed by atoms with Crippen LogP contribution in [0.3, 0.4) is 0 Å². The summed E-state index contributed by atoms with van der Waals surface area (Å²) in [7, 11) is 0. The van der Waals surface area contributed by atoms with Crippen LogP contribution < -0.4 is 10.2 Å². The van der Waals surface area contributed by atoms with Crippen LogP contribution in [-0.4, -0.2) is 40.6 Å². The molecular formula is C19H23N5O4. The maximum Gasteiger partial charge on any atom is 0.353 e. The van der Waals surface area contributed by atoms with Crippen LogP contribution in [0.1, 0.15) is 37.0 Å². The number of carbonyl (C=O) groups is 1. The van der Waals surface area contributed by atoms with Gasteiger partial charge in [0.1, 0.15) is 6.33 Å². The molecular weight excluding hydrogens is 362 g/mol. The Labute approximate surface area is 162 Å². The van der Waals surface area contributed by atoms with Crippen LogP contribution in [0.2, 0.25) is 0 Å². The first-order valence-electron chi connectivity index (χ1n) is 9.28. The largest absolute Gasteiger partial charge is 0.462 e. The van der Waals surface area contributed by atoms with Crippen molar-refractivity contribution in [1.29, 1.82) is 0 Å². The molecule has 1 N–H and O–H groups in total. The third-order valence-corrected chi connectivity index (χ3v) is 4.58. The number of aromatic nitrogens is 2. The van der Waals surface area contributed by atoms with Crippen molar-refractivity contribution in [3.8, 4) is 0 Å². The lowest BCUT2D eigenvalue weighted by molar-refractivity contribution is -0.383. The van der Waals surface area contributed by atoms with Crippen LogP contribution >= 0.6 is 0 Å². The molecule has 2 heterocycles. The highest BCUT2D eigenvalue weighted by Gasteiger charge is 2.29. The summed E-state index contributed by atoms with van der Waals surface area (Å²) < 4.78 is 5.00. The molecule has 0 radical (unpaired) electrons. The molecule has 9 heteroatoms. The molecule has 1 aliphatic rings. The van der Waals surface area contributed by atoms with Gasteiger partial charge in [-0.15, -0.1) is 0 Å². The maximum atomic E-state index is 11.9. The van der Waals surface area contributed by atoms with Gasteiger partial charge in [-0.25, -0.2) is 14.8 Å². The molecule has 9 nitrogen and oxygen atoms in total. The van der Waals surface area contributed by atoms with Gasteiger partial charge >= 0.3 is 11.7 Å².